The van der Waals surface area contributed by atoms with E-state index in [0.717, 1.165) is 10.7 Å². The summed E-state index contributed by atoms with van der Waals surface area (Å²) in [7, 11) is 0. The Hall–Kier alpha value is -0.940. The van der Waals surface area contributed by atoms with Crippen molar-refractivity contribution >= 4 is 17.2 Å². The first-order valence-electron chi connectivity index (χ1n) is 4.73. The minimum atomic E-state index is -0.596. The van der Waals surface area contributed by atoms with E-state index in [4.69, 9.17) is 5.11 Å². The number of carbonyl (C=O) groups is 1. The Bertz CT molecular complexity index is 371. The molecule has 0 unspecified atom stereocenters. The number of aliphatic hydroxyl groups is 1. The Labute approximate surface area is 93.4 Å². The maximum Gasteiger partial charge on any atom is 0.263 e. The van der Waals surface area contributed by atoms with Crippen molar-refractivity contribution in [3.8, 4) is 0 Å². The molecule has 15 heavy (non-hydrogen) atoms. The zero-order chi connectivity index (χ0) is 11.6. The van der Waals surface area contributed by atoms with Crippen LogP contribution >= 0.6 is 11.3 Å². The van der Waals surface area contributed by atoms with E-state index in [2.05, 4.69) is 10.3 Å². The van der Waals surface area contributed by atoms with Crippen LogP contribution in [-0.2, 0) is 0 Å². The van der Waals surface area contributed by atoms with Gasteiger partial charge in [-0.3, -0.25) is 4.79 Å². The number of nitrogens with one attached hydrogen (secondary N) is 1. The van der Waals surface area contributed by atoms with E-state index in [-0.39, 0.29) is 12.5 Å². The van der Waals surface area contributed by atoms with Crippen LogP contribution in [0.5, 0.6) is 0 Å². The number of carbonyl (C=O) groups excluding carboxylic acids is 1. The fraction of sp³-hybridized carbons (Fsp3) is 0.600. The molecule has 0 radical (unpaired) electrons. The van der Waals surface area contributed by atoms with Crippen LogP contribution in [0.2, 0.25) is 0 Å². The average Bonchev–Trinajstić information content (AvgIpc) is 2.45. The first-order chi connectivity index (χ1) is 6.85. The molecule has 1 rings (SSSR count). The van der Waals surface area contributed by atoms with Crippen molar-refractivity contribution in [2.75, 3.05) is 6.61 Å². The number of thiazole rings is 1. The lowest BCUT2D eigenvalue weighted by molar-refractivity contribution is 0.0872. The minimum absolute atomic E-state index is 0.0877. The highest BCUT2D eigenvalue weighted by atomic mass is 32.1. The molecule has 1 aromatic heterocycles. The normalized spacial score (nSPS) is 11.5. The molecular weight excluding hydrogens is 212 g/mol. The first-order valence-corrected chi connectivity index (χ1v) is 5.55. The third-order valence-corrected chi connectivity index (χ3v) is 3.03. The maximum atomic E-state index is 11.8. The number of hydrogen-bond acceptors (Lipinski definition) is 4. The second kappa shape index (κ2) is 4.28. The Morgan fingerprint density at radius 2 is 2.13 bits per heavy atom. The lowest BCUT2D eigenvalue weighted by Gasteiger charge is -2.22. The SMILES string of the molecule is Cc1nc(C)c(C(=O)NC(C)(C)CO)s1. The molecule has 5 heteroatoms. The standard InChI is InChI=1S/C10H16N2O2S/c1-6-8(15-7(2)11-6)9(14)12-10(3,4)5-13/h13H,5H2,1-4H3,(H,12,14). The minimum Gasteiger partial charge on any atom is -0.394 e. The molecular formula is C10H16N2O2S. The second-order valence-corrected chi connectivity index (χ2v) is 5.35. The fourth-order valence-electron chi connectivity index (χ4n) is 1.15. The van der Waals surface area contributed by atoms with E-state index in [1.54, 1.807) is 13.8 Å². The fourth-order valence-corrected chi connectivity index (χ4v) is 1.96. The molecule has 0 atom stereocenters. The van der Waals surface area contributed by atoms with E-state index < -0.39 is 5.54 Å². The molecule has 2 N–H and O–H groups in total. The van der Waals surface area contributed by atoms with Crippen molar-refractivity contribution in [1.29, 1.82) is 0 Å². The molecule has 0 aliphatic heterocycles. The molecule has 0 fully saturated rings. The summed E-state index contributed by atoms with van der Waals surface area (Å²) in [5.41, 5.74) is 0.144. The molecule has 1 heterocycles. The Morgan fingerprint density at radius 1 is 1.53 bits per heavy atom. The Kier molecular flexibility index (Phi) is 3.46. The summed E-state index contributed by atoms with van der Waals surface area (Å²) in [5.74, 6) is -0.169. The molecule has 0 bridgehead atoms. The molecule has 0 saturated carbocycles. The van der Waals surface area contributed by atoms with Gasteiger partial charge in [-0.25, -0.2) is 4.98 Å². The monoisotopic (exact) mass is 228 g/mol. The quantitative estimate of drug-likeness (QED) is 0.818. The summed E-state index contributed by atoms with van der Waals surface area (Å²) in [6.07, 6.45) is 0. The highest BCUT2D eigenvalue weighted by Gasteiger charge is 2.22. The molecule has 0 aliphatic rings. The summed E-state index contributed by atoms with van der Waals surface area (Å²) in [5, 5.41) is 12.7. The topological polar surface area (TPSA) is 62.2 Å². The van der Waals surface area contributed by atoms with Gasteiger partial charge in [-0.2, -0.15) is 0 Å². The van der Waals surface area contributed by atoms with Gasteiger partial charge in [0.1, 0.15) is 4.88 Å². The summed E-state index contributed by atoms with van der Waals surface area (Å²) in [6, 6.07) is 0. The molecule has 0 aromatic carbocycles. The van der Waals surface area contributed by atoms with Crippen LogP contribution < -0.4 is 5.32 Å². The largest absolute Gasteiger partial charge is 0.394 e. The van der Waals surface area contributed by atoms with Crippen molar-refractivity contribution in [3.63, 3.8) is 0 Å². The number of rotatable bonds is 3. The van der Waals surface area contributed by atoms with Crippen molar-refractivity contribution in [3.05, 3.63) is 15.6 Å². The van der Waals surface area contributed by atoms with Gasteiger partial charge in [0.05, 0.1) is 22.8 Å². The number of nitrogens with zero attached hydrogens (tertiary/aromatic N) is 1. The Morgan fingerprint density at radius 3 is 2.53 bits per heavy atom. The van der Waals surface area contributed by atoms with Gasteiger partial charge in [0, 0.05) is 0 Å². The van der Waals surface area contributed by atoms with Crippen molar-refractivity contribution in [2.45, 2.75) is 33.2 Å². The number of aliphatic hydroxyl groups excluding tert-OH is 1. The lowest BCUT2D eigenvalue weighted by Crippen LogP contribution is -2.46. The van der Waals surface area contributed by atoms with E-state index in [1.807, 2.05) is 13.8 Å². The summed E-state index contributed by atoms with van der Waals surface area (Å²) in [6.45, 7) is 7.13. The first kappa shape index (κ1) is 12.1. The van der Waals surface area contributed by atoms with E-state index >= 15 is 0 Å². The van der Waals surface area contributed by atoms with Gasteiger partial charge < -0.3 is 10.4 Å². The average molecular weight is 228 g/mol. The van der Waals surface area contributed by atoms with Gasteiger partial charge >= 0.3 is 0 Å². The molecule has 1 aromatic rings. The lowest BCUT2D eigenvalue weighted by atomic mass is 10.1. The second-order valence-electron chi connectivity index (χ2n) is 4.14. The van der Waals surface area contributed by atoms with Gasteiger partial charge in [-0.15, -0.1) is 11.3 Å². The maximum absolute atomic E-state index is 11.8. The third kappa shape index (κ3) is 3.00. The highest BCUT2D eigenvalue weighted by molar-refractivity contribution is 7.13. The number of aromatic nitrogens is 1. The van der Waals surface area contributed by atoms with Crippen LogP contribution in [0, 0.1) is 13.8 Å². The van der Waals surface area contributed by atoms with Gasteiger partial charge in [0.15, 0.2) is 0 Å². The number of aryl methyl sites for hydroxylation is 2. The molecule has 0 saturated heterocycles. The van der Waals surface area contributed by atoms with Crippen LogP contribution in [-0.4, -0.2) is 28.1 Å². The zero-order valence-electron chi connectivity index (χ0n) is 9.42. The number of amides is 1. The van der Waals surface area contributed by atoms with Crippen molar-refractivity contribution in [2.24, 2.45) is 0 Å². The molecule has 4 nitrogen and oxygen atoms in total. The van der Waals surface area contributed by atoms with Gasteiger partial charge in [0.2, 0.25) is 0 Å². The zero-order valence-corrected chi connectivity index (χ0v) is 10.2. The summed E-state index contributed by atoms with van der Waals surface area (Å²) < 4.78 is 0. The van der Waals surface area contributed by atoms with E-state index in [1.165, 1.54) is 11.3 Å². The van der Waals surface area contributed by atoms with Crippen LogP contribution in [0.3, 0.4) is 0 Å². The summed E-state index contributed by atoms with van der Waals surface area (Å²) >= 11 is 1.37. The molecule has 0 aliphatic carbocycles. The molecule has 84 valence electrons. The Balaban J connectivity index is 2.82. The smallest absolute Gasteiger partial charge is 0.263 e. The van der Waals surface area contributed by atoms with E-state index in [0.29, 0.717) is 4.88 Å². The van der Waals surface area contributed by atoms with Crippen molar-refractivity contribution < 1.29 is 9.90 Å². The van der Waals surface area contributed by atoms with Crippen LogP contribution in [0.1, 0.15) is 34.2 Å². The van der Waals surface area contributed by atoms with Gasteiger partial charge in [-0.05, 0) is 27.7 Å². The van der Waals surface area contributed by atoms with Gasteiger partial charge in [0.25, 0.3) is 5.91 Å². The van der Waals surface area contributed by atoms with Gasteiger partial charge in [-0.1, -0.05) is 0 Å². The number of hydrogen-bond donors (Lipinski definition) is 2. The molecule has 0 spiro atoms. The van der Waals surface area contributed by atoms with E-state index in [9.17, 15) is 4.79 Å². The van der Waals surface area contributed by atoms with Crippen LogP contribution in [0.4, 0.5) is 0 Å². The highest BCUT2D eigenvalue weighted by Crippen LogP contribution is 2.17. The third-order valence-electron chi connectivity index (χ3n) is 1.96. The molecule has 1 amide bonds. The predicted octanol–water partition coefficient (Wildman–Crippen LogP) is 1.26. The van der Waals surface area contributed by atoms with Crippen LogP contribution in [0.25, 0.3) is 0 Å². The predicted molar refractivity (Wildman–Crippen MR) is 60.2 cm³/mol. The summed E-state index contributed by atoms with van der Waals surface area (Å²) in [4.78, 5) is 16.6. The van der Waals surface area contributed by atoms with Crippen LogP contribution in [0.15, 0.2) is 0 Å². The van der Waals surface area contributed by atoms with Crippen molar-refractivity contribution in [1.82, 2.24) is 10.3 Å².